The number of halogens is 1. The Labute approximate surface area is 148 Å². The number of thioether (sulfide) groups is 1. The van der Waals surface area contributed by atoms with E-state index in [-0.39, 0.29) is 22.9 Å². The number of amides is 1. The van der Waals surface area contributed by atoms with Crippen molar-refractivity contribution in [3.05, 3.63) is 69.2 Å². The fourth-order valence-electron chi connectivity index (χ4n) is 2.81. The van der Waals surface area contributed by atoms with Gasteiger partial charge in [0, 0.05) is 22.8 Å². The summed E-state index contributed by atoms with van der Waals surface area (Å²) < 4.78 is 0. The third kappa shape index (κ3) is 2.99. The predicted octanol–water partition coefficient (Wildman–Crippen LogP) is 4.46. The topological polar surface area (TPSA) is 63.5 Å². The van der Waals surface area contributed by atoms with Gasteiger partial charge >= 0.3 is 0 Å². The standard InChI is InChI=1S/C17H15ClN2O3S/c1-2-24-16-15(11-3-7-14(8-4-11)20(22)23)19(17(16)21)13-9-5-12(18)6-10-13/h3-10,15-16H,2H2,1H3/t15-,16+/m1/s1. The minimum atomic E-state index is -0.426. The molecule has 0 aromatic heterocycles. The van der Waals surface area contributed by atoms with Crippen LogP contribution in [0.2, 0.25) is 5.02 Å². The van der Waals surface area contributed by atoms with Crippen LogP contribution in [0.5, 0.6) is 0 Å². The lowest BCUT2D eigenvalue weighted by molar-refractivity contribution is -0.384. The molecule has 3 rings (SSSR count). The molecule has 0 saturated carbocycles. The van der Waals surface area contributed by atoms with Crippen LogP contribution < -0.4 is 4.90 Å². The lowest BCUT2D eigenvalue weighted by atomic mass is 9.92. The third-order valence-corrected chi connectivity index (χ3v) is 5.35. The molecule has 5 nitrogen and oxygen atoms in total. The van der Waals surface area contributed by atoms with Gasteiger partial charge in [0.15, 0.2) is 0 Å². The highest BCUT2D eigenvalue weighted by Crippen LogP contribution is 2.45. The molecule has 0 N–H and O–H groups in total. The lowest BCUT2D eigenvalue weighted by Gasteiger charge is -2.47. The number of β-lactam (4-membered cyclic amide) rings is 1. The van der Waals surface area contributed by atoms with Crippen molar-refractivity contribution in [1.29, 1.82) is 0 Å². The van der Waals surface area contributed by atoms with Crippen LogP contribution in [0.4, 0.5) is 11.4 Å². The van der Waals surface area contributed by atoms with Gasteiger partial charge in [0.2, 0.25) is 5.91 Å². The Morgan fingerprint density at radius 1 is 1.17 bits per heavy atom. The van der Waals surface area contributed by atoms with Crippen molar-refractivity contribution in [3.8, 4) is 0 Å². The lowest BCUT2D eigenvalue weighted by Crippen LogP contribution is -2.57. The molecule has 0 bridgehead atoms. The second kappa shape index (κ2) is 6.83. The SMILES string of the molecule is CCS[C@@H]1C(=O)N(c2ccc(Cl)cc2)[C@@H]1c1ccc([N+](=O)[O-])cc1. The minimum Gasteiger partial charge on any atom is -0.302 e. The second-order valence-electron chi connectivity index (χ2n) is 5.35. The Kier molecular flexibility index (Phi) is 4.78. The number of nitro groups is 1. The van der Waals surface area contributed by atoms with Crippen LogP contribution in [0.25, 0.3) is 0 Å². The maximum Gasteiger partial charge on any atom is 0.269 e. The maximum atomic E-state index is 12.6. The summed E-state index contributed by atoms with van der Waals surface area (Å²) in [6.45, 7) is 2.01. The number of rotatable bonds is 5. The van der Waals surface area contributed by atoms with Crippen molar-refractivity contribution in [1.82, 2.24) is 0 Å². The molecule has 1 saturated heterocycles. The van der Waals surface area contributed by atoms with E-state index in [4.69, 9.17) is 11.6 Å². The number of hydrogen-bond donors (Lipinski definition) is 0. The predicted molar refractivity (Wildman–Crippen MR) is 96.7 cm³/mol. The number of anilines is 1. The number of hydrogen-bond acceptors (Lipinski definition) is 4. The van der Waals surface area contributed by atoms with Crippen LogP contribution in [-0.4, -0.2) is 21.8 Å². The third-order valence-electron chi connectivity index (χ3n) is 3.94. The Morgan fingerprint density at radius 3 is 2.33 bits per heavy atom. The molecule has 1 amide bonds. The summed E-state index contributed by atoms with van der Waals surface area (Å²) in [7, 11) is 0. The van der Waals surface area contributed by atoms with Crippen molar-refractivity contribution >= 4 is 40.6 Å². The number of non-ortho nitro benzene ring substituents is 1. The molecular weight excluding hydrogens is 348 g/mol. The minimum absolute atomic E-state index is 0.0436. The summed E-state index contributed by atoms with van der Waals surface area (Å²) in [5, 5.41) is 11.3. The quantitative estimate of drug-likeness (QED) is 0.447. The Balaban J connectivity index is 1.94. The van der Waals surface area contributed by atoms with Gasteiger partial charge in [0.05, 0.1) is 11.0 Å². The molecule has 0 unspecified atom stereocenters. The van der Waals surface area contributed by atoms with E-state index >= 15 is 0 Å². The molecule has 24 heavy (non-hydrogen) atoms. The molecule has 7 heteroatoms. The Morgan fingerprint density at radius 2 is 1.79 bits per heavy atom. The van der Waals surface area contributed by atoms with E-state index < -0.39 is 4.92 Å². The molecule has 1 heterocycles. The molecule has 1 aliphatic heterocycles. The second-order valence-corrected chi connectivity index (χ2v) is 7.21. The highest BCUT2D eigenvalue weighted by atomic mass is 35.5. The number of benzene rings is 2. The van der Waals surface area contributed by atoms with Gasteiger partial charge in [0.1, 0.15) is 5.25 Å². The van der Waals surface area contributed by atoms with Crippen molar-refractivity contribution in [3.63, 3.8) is 0 Å². The zero-order valence-corrected chi connectivity index (χ0v) is 14.5. The molecule has 1 aliphatic rings. The molecule has 0 spiro atoms. The summed E-state index contributed by atoms with van der Waals surface area (Å²) in [5.74, 6) is 0.876. The summed E-state index contributed by atoms with van der Waals surface area (Å²) in [6.07, 6.45) is 0. The largest absolute Gasteiger partial charge is 0.302 e. The van der Waals surface area contributed by atoms with Crippen LogP contribution in [-0.2, 0) is 4.79 Å². The number of carbonyl (C=O) groups is 1. The highest BCUT2D eigenvalue weighted by Gasteiger charge is 2.48. The average Bonchev–Trinajstić information content (AvgIpc) is 2.58. The van der Waals surface area contributed by atoms with Gasteiger partial charge in [-0.15, -0.1) is 11.8 Å². The highest BCUT2D eigenvalue weighted by molar-refractivity contribution is 8.00. The molecular formula is C17H15ClN2O3S. The number of carbonyl (C=O) groups excluding carboxylic acids is 1. The maximum absolute atomic E-state index is 12.6. The fraction of sp³-hybridized carbons (Fsp3) is 0.235. The van der Waals surface area contributed by atoms with Gasteiger partial charge in [-0.2, -0.15) is 0 Å². The van der Waals surface area contributed by atoms with Gasteiger partial charge in [-0.1, -0.05) is 30.7 Å². The first-order valence-electron chi connectivity index (χ1n) is 7.47. The van der Waals surface area contributed by atoms with Gasteiger partial charge in [-0.05, 0) is 35.6 Å². The smallest absolute Gasteiger partial charge is 0.269 e. The van der Waals surface area contributed by atoms with Gasteiger partial charge < -0.3 is 4.90 Å². The van der Waals surface area contributed by atoms with E-state index in [9.17, 15) is 14.9 Å². The zero-order valence-electron chi connectivity index (χ0n) is 12.9. The molecule has 2 aromatic rings. The van der Waals surface area contributed by atoms with Crippen molar-refractivity contribution in [2.45, 2.75) is 18.2 Å². The van der Waals surface area contributed by atoms with E-state index in [1.165, 1.54) is 12.1 Å². The van der Waals surface area contributed by atoms with E-state index in [2.05, 4.69) is 0 Å². The monoisotopic (exact) mass is 362 g/mol. The van der Waals surface area contributed by atoms with Crippen LogP contribution in [0.1, 0.15) is 18.5 Å². The zero-order chi connectivity index (χ0) is 17.3. The Hall–Kier alpha value is -2.05. The van der Waals surface area contributed by atoms with Crippen molar-refractivity contribution < 1.29 is 9.72 Å². The van der Waals surface area contributed by atoms with E-state index in [0.717, 1.165) is 17.0 Å². The van der Waals surface area contributed by atoms with Crippen LogP contribution >= 0.6 is 23.4 Å². The first kappa shape index (κ1) is 16.8. The summed E-state index contributed by atoms with van der Waals surface area (Å²) in [5.41, 5.74) is 1.71. The van der Waals surface area contributed by atoms with Gasteiger partial charge in [-0.25, -0.2) is 0 Å². The summed E-state index contributed by atoms with van der Waals surface area (Å²) in [6, 6.07) is 13.4. The van der Waals surface area contributed by atoms with E-state index in [1.54, 1.807) is 40.9 Å². The van der Waals surface area contributed by atoms with E-state index in [0.29, 0.717) is 5.02 Å². The molecule has 1 fully saturated rings. The first-order valence-corrected chi connectivity index (χ1v) is 8.90. The molecule has 0 aliphatic carbocycles. The Bertz CT molecular complexity index is 764. The van der Waals surface area contributed by atoms with Crippen LogP contribution in [0.15, 0.2) is 48.5 Å². The molecule has 2 aromatic carbocycles. The fourth-order valence-corrected chi connectivity index (χ4v) is 4.01. The first-order chi connectivity index (χ1) is 11.5. The normalized spacial score (nSPS) is 19.9. The molecule has 124 valence electrons. The summed E-state index contributed by atoms with van der Waals surface area (Å²) >= 11 is 7.51. The average molecular weight is 363 g/mol. The molecule has 0 radical (unpaired) electrons. The van der Waals surface area contributed by atoms with E-state index in [1.807, 2.05) is 19.1 Å². The van der Waals surface area contributed by atoms with Gasteiger partial charge in [0.25, 0.3) is 5.69 Å². The van der Waals surface area contributed by atoms with Crippen molar-refractivity contribution in [2.24, 2.45) is 0 Å². The van der Waals surface area contributed by atoms with Gasteiger partial charge in [-0.3, -0.25) is 14.9 Å². The van der Waals surface area contributed by atoms with Crippen LogP contribution in [0.3, 0.4) is 0 Å². The number of nitro benzene ring substituents is 1. The summed E-state index contributed by atoms with van der Waals surface area (Å²) in [4.78, 5) is 24.7. The van der Waals surface area contributed by atoms with Crippen molar-refractivity contribution in [2.75, 3.05) is 10.7 Å². The van der Waals surface area contributed by atoms with Crippen LogP contribution in [0, 0.1) is 10.1 Å². The molecule has 2 atom stereocenters. The number of nitrogens with zero attached hydrogens (tertiary/aromatic N) is 2.